The molecular weight excluding hydrogens is 296 g/mol. The minimum Gasteiger partial charge on any atom is -0.340 e. The van der Waals surface area contributed by atoms with E-state index in [2.05, 4.69) is 28.3 Å². The van der Waals surface area contributed by atoms with Crippen LogP contribution in [-0.4, -0.2) is 22.9 Å². The topological polar surface area (TPSA) is 58.1 Å². The molecule has 110 valence electrons. The Hall–Kier alpha value is -2.47. The number of amides is 1. The van der Waals surface area contributed by atoms with Crippen LogP contribution in [0.5, 0.6) is 0 Å². The molecule has 1 amide bonds. The van der Waals surface area contributed by atoms with Crippen molar-refractivity contribution in [3.05, 3.63) is 41.0 Å². The smallest absolute Gasteiger partial charge is 0.231 e. The summed E-state index contributed by atoms with van der Waals surface area (Å²) in [6.45, 7) is 2.06. The van der Waals surface area contributed by atoms with Crippen molar-refractivity contribution in [2.45, 2.75) is 13.3 Å². The fourth-order valence-corrected chi connectivity index (χ4v) is 3.61. The zero-order valence-corrected chi connectivity index (χ0v) is 13.1. The number of carbonyl (C=O) groups is 1. The summed E-state index contributed by atoms with van der Waals surface area (Å²) in [4.78, 5) is 24.3. The number of aromatic nitrogens is 2. The van der Waals surface area contributed by atoms with Crippen LogP contribution in [0.1, 0.15) is 10.4 Å². The first-order valence-electron chi connectivity index (χ1n) is 6.99. The molecule has 1 aliphatic rings. The highest BCUT2D eigenvalue weighted by Crippen LogP contribution is 2.33. The molecule has 0 radical (unpaired) electrons. The number of nitrogens with zero attached hydrogens (tertiary/aromatic N) is 3. The molecule has 2 aromatic heterocycles. The second-order valence-corrected chi connectivity index (χ2v) is 6.63. The van der Waals surface area contributed by atoms with Gasteiger partial charge in [0.25, 0.3) is 0 Å². The second-order valence-electron chi connectivity index (χ2n) is 5.40. The lowest BCUT2D eigenvalue weighted by atomic mass is 10.1. The van der Waals surface area contributed by atoms with Crippen LogP contribution in [0.25, 0.3) is 10.2 Å². The number of anilines is 3. The minimum atomic E-state index is 0.130. The molecular formula is C16H14N4OS. The molecule has 22 heavy (non-hydrogen) atoms. The first-order valence-corrected chi connectivity index (χ1v) is 7.81. The van der Waals surface area contributed by atoms with E-state index in [1.54, 1.807) is 22.6 Å². The molecule has 6 heteroatoms. The number of fused-ring (bicyclic) bond motifs is 2. The van der Waals surface area contributed by atoms with E-state index in [0.717, 1.165) is 33.0 Å². The van der Waals surface area contributed by atoms with Gasteiger partial charge in [-0.2, -0.15) is 0 Å². The lowest BCUT2D eigenvalue weighted by Gasteiger charge is -2.11. The van der Waals surface area contributed by atoms with Gasteiger partial charge in [-0.1, -0.05) is 0 Å². The molecule has 4 rings (SSSR count). The standard InChI is InChI=1S/C16H14N4OS/c1-9-5-12-15(17-8-18-16(12)22-9)19-11-3-4-13-10(6-11)7-14(21)20(13)2/h3-6,8H,7H2,1-2H3,(H,17,18,19). The molecule has 0 aliphatic carbocycles. The summed E-state index contributed by atoms with van der Waals surface area (Å²) in [5, 5.41) is 4.37. The highest BCUT2D eigenvalue weighted by molar-refractivity contribution is 7.18. The number of likely N-dealkylation sites (N-methyl/N-ethyl adjacent to an activating group) is 1. The van der Waals surface area contributed by atoms with Gasteiger partial charge < -0.3 is 10.2 Å². The van der Waals surface area contributed by atoms with Gasteiger partial charge in [-0.05, 0) is 36.8 Å². The van der Waals surface area contributed by atoms with Crippen LogP contribution in [-0.2, 0) is 11.2 Å². The number of aryl methyl sites for hydroxylation is 1. The van der Waals surface area contributed by atoms with Gasteiger partial charge in [0, 0.05) is 23.3 Å². The summed E-state index contributed by atoms with van der Waals surface area (Å²) < 4.78 is 0. The average Bonchev–Trinajstić information content (AvgIpc) is 3.00. The van der Waals surface area contributed by atoms with Crippen molar-refractivity contribution in [3.8, 4) is 0 Å². The molecule has 1 N–H and O–H groups in total. The van der Waals surface area contributed by atoms with Gasteiger partial charge >= 0.3 is 0 Å². The third-order valence-corrected chi connectivity index (χ3v) is 4.83. The minimum absolute atomic E-state index is 0.130. The molecule has 5 nitrogen and oxygen atoms in total. The van der Waals surface area contributed by atoms with Crippen LogP contribution in [0.15, 0.2) is 30.6 Å². The predicted octanol–water partition coefficient (Wildman–Crippen LogP) is 3.26. The fourth-order valence-electron chi connectivity index (χ4n) is 2.76. The molecule has 0 atom stereocenters. The molecule has 3 heterocycles. The number of carbonyl (C=O) groups excluding carboxylic acids is 1. The fraction of sp³-hybridized carbons (Fsp3) is 0.188. The van der Waals surface area contributed by atoms with Crippen LogP contribution in [0.3, 0.4) is 0 Å². The number of nitrogens with one attached hydrogen (secondary N) is 1. The van der Waals surface area contributed by atoms with E-state index in [9.17, 15) is 4.79 Å². The van der Waals surface area contributed by atoms with Gasteiger partial charge in [0.05, 0.1) is 11.8 Å². The molecule has 0 unspecified atom stereocenters. The molecule has 1 aromatic carbocycles. The van der Waals surface area contributed by atoms with Crippen LogP contribution in [0, 0.1) is 6.92 Å². The van der Waals surface area contributed by atoms with Crippen molar-refractivity contribution in [2.24, 2.45) is 0 Å². The lowest BCUT2D eigenvalue weighted by molar-refractivity contribution is -0.117. The maximum Gasteiger partial charge on any atom is 0.231 e. The summed E-state index contributed by atoms with van der Waals surface area (Å²) in [5.41, 5.74) is 2.96. The summed E-state index contributed by atoms with van der Waals surface area (Å²) in [6.07, 6.45) is 2.03. The van der Waals surface area contributed by atoms with Crippen molar-refractivity contribution in [3.63, 3.8) is 0 Å². The molecule has 0 bridgehead atoms. The summed E-state index contributed by atoms with van der Waals surface area (Å²) >= 11 is 1.66. The SMILES string of the molecule is Cc1cc2c(Nc3ccc4c(c3)CC(=O)N4C)ncnc2s1. The Morgan fingerprint density at radius 2 is 2.14 bits per heavy atom. The van der Waals surface area contributed by atoms with E-state index in [1.807, 2.05) is 25.2 Å². The van der Waals surface area contributed by atoms with Gasteiger partial charge in [0.2, 0.25) is 5.91 Å². The van der Waals surface area contributed by atoms with E-state index < -0.39 is 0 Å². The van der Waals surface area contributed by atoms with E-state index in [1.165, 1.54) is 4.88 Å². The first kappa shape index (κ1) is 13.2. The van der Waals surface area contributed by atoms with Crippen molar-refractivity contribution in [2.75, 3.05) is 17.3 Å². The number of rotatable bonds is 2. The Bertz CT molecular complexity index is 902. The van der Waals surface area contributed by atoms with E-state index >= 15 is 0 Å². The molecule has 1 aliphatic heterocycles. The van der Waals surface area contributed by atoms with Crippen molar-refractivity contribution in [1.82, 2.24) is 9.97 Å². The lowest BCUT2D eigenvalue weighted by Crippen LogP contribution is -2.20. The van der Waals surface area contributed by atoms with Crippen LogP contribution < -0.4 is 10.2 Å². The van der Waals surface area contributed by atoms with Crippen molar-refractivity contribution < 1.29 is 4.79 Å². The zero-order chi connectivity index (χ0) is 15.3. The van der Waals surface area contributed by atoms with Crippen molar-refractivity contribution in [1.29, 1.82) is 0 Å². The Kier molecular flexibility index (Phi) is 2.87. The van der Waals surface area contributed by atoms with Crippen molar-refractivity contribution >= 4 is 44.7 Å². The quantitative estimate of drug-likeness (QED) is 0.789. The summed E-state index contributed by atoms with van der Waals surface area (Å²) in [5.74, 6) is 0.928. The van der Waals surface area contributed by atoms with Gasteiger partial charge in [-0.15, -0.1) is 11.3 Å². The van der Waals surface area contributed by atoms with Crippen LogP contribution >= 0.6 is 11.3 Å². The van der Waals surface area contributed by atoms with Gasteiger partial charge in [0.15, 0.2) is 0 Å². The van der Waals surface area contributed by atoms with Crippen LogP contribution in [0.4, 0.5) is 17.2 Å². The normalized spacial score (nSPS) is 13.7. The van der Waals surface area contributed by atoms with Gasteiger partial charge in [-0.3, -0.25) is 4.79 Å². The molecule has 0 fully saturated rings. The average molecular weight is 310 g/mol. The third kappa shape index (κ3) is 2.03. The zero-order valence-electron chi connectivity index (χ0n) is 12.3. The van der Waals surface area contributed by atoms with Gasteiger partial charge in [0.1, 0.15) is 17.0 Å². The largest absolute Gasteiger partial charge is 0.340 e. The number of benzene rings is 1. The second kappa shape index (κ2) is 4.78. The van der Waals surface area contributed by atoms with Gasteiger partial charge in [-0.25, -0.2) is 9.97 Å². The van der Waals surface area contributed by atoms with E-state index in [4.69, 9.17) is 0 Å². The molecule has 0 saturated carbocycles. The Morgan fingerprint density at radius 3 is 3.00 bits per heavy atom. The third-order valence-electron chi connectivity index (χ3n) is 3.87. The maximum absolute atomic E-state index is 11.8. The maximum atomic E-state index is 11.8. The van der Waals surface area contributed by atoms with E-state index in [0.29, 0.717) is 6.42 Å². The number of thiophene rings is 1. The van der Waals surface area contributed by atoms with E-state index in [-0.39, 0.29) is 5.91 Å². The highest BCUT2D eigenvalue weighted by Gasteiger charge is 2.23. The Balaban J connectivity index is 1.72. The number of hydrogen-bond donors (Lipinski definition) is 1. The first-order chi connectivity index (χ1) is 10.6. The monoisotopic (exact) mass is 310 g/mol. The summed E-state index contributed by atoms with van der Waals surface area (Å²) in [7, 11) is 1.81. The highest BCUT2D eigenvalue weighted by atomic mass is 32.1. The Labute approximate surface area is 131 Å². The predicted molar refractivity (Wildman–Crippen MR) is 89.0 cm³/mol. The number of hydrogen-bond acceptors (Lipinski definition) is 5. The molecule has 3 aromatic rings. The summed E-state index contributed by atoms with van der Waals surface area (Å²) in [6, 6.07) is 8.05. The molecule has 0 saturated heterocycles. The Morgan fingerprint density at radius 1 is 1.27 bits per heavy atom. The van der Waals surface area contributed by atoms with Crippen LogP contribution in [0.2, 0.25) is 0 Å². The molecule has 0 spiro atoms.